The van der Waals surface area contributed by atoms with Crippen LogP contribution in [0.25, 0.3) is 6.08 Å². The normalized spacial score (nSPS) is 10.7. The number of amides is 1. The van der Waals surface area contributed by atoms with Crippen molar-refractivity contribution in [3.8, 4) is 0 Å². The Hall–Kier alpha value is -2.18. The first-order valence-corrected chi connectivity index (χ1v) is 8.13. The Kier molecular flexibility index (Phi) is 6.31. The highest BCUT2D eigenvalue weighted by atomic mass is 32.1. The number of halogens is 1. The lowest BCUT2D eigenvalue weighted by atomic mass is 10.1. The van der Waals surface area contributed by atoms with Crippen molar-refractivity contribution >= 4 is 46.2 Å². The van der Waals surface area contributed by atoms with Gasteiger partial charge < -0.3 is 5.32 Å². The molecule has 0 aliphatic carbocycles. The largest absolute Gasteiger partial charge is 0.347 e. The molecule has 1 aromatic carbocycles. The molecule has 0 radical (unpaired) electrons. The number of carbonyl (C=O) groups is 2. The van der Waals surface area contributed by atoms with Crippen LogP contribution in [0, 0.1) is 5.82 Å². The van der Waals surface area contributed by atoms with E-state index < -0.39 is 0 Å². The molecule has 1 aromatic heterocycles. The second-order valence-corrected chi connectivity index (χ2v) is 6.25. The van der Waals surface area contributed by atoms with Crippen LogP contribution in [0.1, 0.15) is 21.7 Å². The minimum Gasteiger partial charge on any atom is -0.347 e. The van der Waals surface area contributed by atoms with Crippen molar-refractivity contribution in [3.05, 3.63) is 64.1 Å². The highest BCUT2D eigenvalue weighted by Gasteiger charge is 2.08. The van der Waals surface area contributed by atoms with Gasteiger partial charge in [-0.2, -0.15) is 0 Å². The highest BCUT2D eigenvalue weighted by molar-refractivity contribution is 7.80. The third-order valence-electron chi connectivity index (χ3n) is 2.89. The first kappa shape index (κ1) is 17.2. The lowest BCUT2D eigenvalue weighted by Gasteiger charge is -2.03. The van der Waals surface area contributed by atoms with Gasteiger partial charge in [0.05, 0.1) is 4.88 Å². The van der Waals surface area contributed by atoms with Crippen molar-refractivity contribution in [2.45, 2.75) is 6.42 Å². The van der Waals surface area contributed by atoms with Crippen LogP contribution in [0.2, 0.25) is 0 Å². The summed E-state index contributed by atoms with van der Waals surface area (Å²) in [6.45, 7) is 0.183. The van der Waals surface area contributed by atoms with Gasteiger partial charge in [0.2, 0.25) is 0 Å². The van der Waals surface area contributed by atoms with Crippen LogP contribution in [0.5, 0.6) is 0 Å². The van der Waals surface area contributed by atoms with Crippen LogP contribution in [0.4, 0.5) is 4.39 Å². The monoisotopic (exact) mass is 347 g/mol. The van der Waals surface area contributed by atoms with Gasteiger partial charge in [0.25, 0.3) is 5.91 Å². The number of ketones is 1. The molecule has 0 aliphatic heterocycles. The van der Waals surface area contributed by atoms with Crippen molar-refractivity contribution in [1.29, 1.82) is 0 Å². The second kappa shape index (κ2) is 8.45. The molecule has 1 amide bonds. The molecule has 0 aliphatic rings. The van der Waals surface area contributed by atoms with Gasteiger partial charge >= 0.3 is 0 Å². The van der Waals surface area contributed by atoms with Crippen LogP contribution in [-0.2, 0) is 4.79 Å². The van der Waals surface area contributed by atoms with Gasteiger partial charge in [-0.3, -0.25) is 9.59 Å². The Morgan fingerprint density at radius 3 is 2.61 bits per heavy atom. The van der Waals surface area contributed by atoms with Crippen LogP contribution < -0.4 is 5.32 Å². The Bertz CT molecular complexity index is 722. The summed E-state index contributed by atoms with van der Waals surface area (Å²) in [5.41, 5.74) is 0.733. The molecular weight excluding hydrogens is 333 g/mol. The topological polar surface area (TPSA) is 46.2 Å². The average Bonchev–Trinajstić information content (AvgIpc) is 3.06. The average molecular weight is 347 g/mol. The Labute approximate surface area is 142 Å². The van der Waals surface area contributed by atoms with E-state index in [1.807, 2.05) is 5.38 Å². The Morgan fingerprint density at radius 2 is 1.96 bits per heavy atom. The standard InChI is InChI=1S/C17H14FNO2S2/c18-13-6-3-12(4-7-13)5-8-14(20)10-15(22)11-19-17(21)16-2-1-9-23-16/h1-9H,10-11H2,(H,19,21)/b8-5+. The fraction of sp³-hybridized carbons (Fsp3) is 0.118. The summed E-state index contributed by atoms with van der Waals surface area (Å²) >= 11 is 6.45. The van der Waals surface area contributed by atoms with Crippen molar-refractivity contribution in [1.82, 2.24) is 5.32 Å². The number of rotatable bonds is 7. The Morgan fingerprint density at radius 1 is 1.22 bits per heavy atom. The lowest BCUT2D eigenvalue weighted by molar-refractivity contribution is -0.113. The smallest absolute Gasteiger partial charge is 0.261 e. The minimum absolute atomic E-state index is 0.0811. The first-order chi connectivity index (χ1) is 11.0. The number of allylic oxidation sites excluding steroid dienone is 1. The maximum atomic E-state index is 12.8. The van der Waals surface area contributed by atoms with Gasteiger partial charge in [0.1, 0.15) is 5.82 Å². The molecule has 2 rings (SSSR count). The minimum atomic E-state index is -0.323. The summed E-state index contributed by atoms with van der Waals surface area (Å²) in [7, 11) is 0. The molecule has 0 saturated carbocycles. The summed E-state index contributed by atoms with van der Waals surface area (Å²) in [5, 5.41) is 4.50. The zero-order chi connectivity index (χ0) is 16.7. The molecule has 1 heterocycles. The molecule has 0 saturated heterocycles. The summed E-state index contributed by atoms with van der Waals surface area (Å²) in [6, 6.07) is 9.34. The maximum Gasteiger partial charge on any atom is 0.261 e. The van der Waals surface area contributed by atoms with Crippen LogP contribution in [-0.4, -0.2) is 23.1 Å². The van der Waals surface area contributed by atoms with Gasteiger partial charge in [-0.05, 0) is 35.2 Å². The lowest BCUT2D eigenvalue weighted by Crippen LogP contribution is -2.28. The summed E-state index contributed by atoms with van der Waals surface area (Å²) in [6.07, 6.45) is 3.09. The number of carbonyl (C=O) groups excluding carboxylic acids is 2. The predicted molar refractivity (Wildman–Crippen MR) is 94.3 cm³/mol. The molecule has 0 bridgehead atoms. The van der Waals surface area contributed by atoms with Gasteiger partial charge in [0.15, 0.2) is 5.78 Å². The maximum absolute atomic E-state index is 12.8. The molecular formula is C17H14FNO2S2. The molecule has 0 unspecified atom stereocenters. The molecule has 2 aromatic rings. The van der Waals surface area contributed by atoms with Gasteiger partial charge in [-0.25, -0.2) is 4.39 Å². The third kappa shape index (κ3) is 5.84. The van der Waals surface area contributed by atoms with E-state index in [9.17, 15) is 14.0 Å². The Balaban J connectivity index is 1.77. The van der Waals surface area contributed by atoms with E-state index >= 15 is 0 Å². The summed E-state index contributed by atoms with van der Waals surface area (Å²) in [4.78, 5) is 24.6. The molecule has 118 valence electrons. The third-order valence-corrected chi connectivity index (χ3v) is 4.05. The van der Waals surface area contributed by atoms with Gasteiger partial charge in [-0.1, -0.05) is 36.5 Å². The van der Waals surface area contributed by atoms with Crippen molar-refractivity contribution in [2.75, 3.05) is 6.54 Å². The van der Waals surface area contributed by atoms with E-state index in [2.05, 4.69) is 5.32 Å². The van der Waals surface area contributed by atoms with E-state index in [-0.39, 0.29) is 30.5 Å². The number of thiophene rings is 1. The molecule has 6 heteroatoms. The molecule has 0 atom stereocenters. The number of benzene rings is 1. The van der Waals surface area contributed by atoms with E-state index in [1.165, 1.54) is 29.5 Å². The fourth-order valence-electron chi connectivity index (χ4n) is 1.75. The highest BCUT2D eigenvalue weighted by Crippen LogP contribution is 2.08. The van der Waals surface area contributed by atoms with Crippen molar-refractivity contribution in [3.63, 3.8) is 0 Å². The first-order valence-electron chi connectivity index (χ1n) is 6.84. The molecule has 0 fully saturated rings. The number of hydrogen-bond donors (Lipinski definition) is 1. The zero-order valence-electron chi connectivity index (χ0n) is 12.1. The molecule has 3 nitrogen and oxygen atoms in total. The number of hydrogen-bond acceptors (Lipinski definition) is 4. The zero-order valence-corrected chi connectivity index (χ0v) is 13.8. The van der Waals surface area contributed by atoms with Crippen molar-refractivity contribution < 1.29 is 14.0 Å². The van der Waals surface area contributed by atoms with Crippen LogP contribution >= 0.6 is 23.6 Å². The molecule has 23 heavy (non-hydrogen) atoms. The van der Waals surface area contributed by atoms with Gasteiger partial charge in [-0.15, -0.1) is 11.3 Å². The van der Waals surface area contributed by atoms with E-state index in [1.54, 1.807) is 30.3 Å². The quantitative estimate of drug-likeness (QED) is 0.614. The van der Waals surface area contributed by atoms with Crippen molar-refractivity contribution in [2.24, 2.45) is 0 Å². The predicted octanol–water partition coefficient (Wildman–Crippen LogP) is 3.66. The fourth-order valence-corrected chi connectivity index (χ4v) is 2.61. The molecule has 0 spiro atoms. The van der Waals surface area contributed by atoms with Crippen LogP contribution in [0.3, 0.4) is 0 Å². The second-order valence-electron chi connectivity index (χ2n) is 4.73. The van der Waals surface area contributed by atoms with Gasteiger partial charge in [0, 0.05) is 17.8 Å². The molecule has 1 N–H and O–H groups in total. The van der Waals surface area contributed by atoms with Crippen LogP contribution in [0.15, 0.2) is 47.9 Å². The summed E-state index contributed by atoms with van der Waals surface area (Å²) in [5.74, 6) is -0.683. The van der Waals surface area contributed by atoms with E-state index in [0.29, 0.717) is 9.74 Å². The van der Waals surface area contributed by atoms with E-state index in [4.69, 9.17) is 12.2 Å². The van der Waals surface area contributed by atoms with E-state index in [0.717, 1.165) is 5.56 Å². The SMILES string of the molecule is O=C(/C=C/c1ccc(F)cc1)CC(=S)CNC(=O)c1cccs1. The number of nitrogens with one attached hydrogen (secondary N) is 1. The number of thiocarbonyl (C=S) groups is 1. The summed E-state index contributed by atoms with van der Waals surface area (Å²) < 4.78 is 12.8.